The summed E-state index contributed by atoms with van der Waals surface area (Å²) in [5.41, 5.74) is 1.87. The second-order valence-electron chi connectivity index (χ2n) is 3.19. The zero-order chi connectivity index (χ0) is 10.8. The standard InChI is InChI=1S/C10H9N3O2/c1-8-4-2-3-5-10(8)12-7-9(6-11-12)13(14)15/h2-7H,1H3. The summed E-state index contributed by atoms with van der Waals surface area (Å²) in [5.74, 6) is 0. The van der Waals surface area contributed by atoms with Crippen LogP contribution >= 0.6 is 0 Å². The van der Waals surface area contributed by atoms with Crippen molar-refractivity contribution in [2.75, 3.05) is 0 Å². The van der Waals surface area contributed by atoms with Gasteiger partial charge in [-0.15, -0.1) is 0 Å². The number of aryl methyl sites for hydroxylation is 1. The van der Waals surface area contributed by atoms with Crippen molar-refractivity contribution in [3.63, 3.8) is 0 Å². The number of hydrogen-bond acceptors (Lipinski definition) is 3. The molecule has 0 aliphatic rings. The predicted molar refractivity (Wildman–Crippen MR) is 55.0 cm³/mol. The van der Waals surface area contributed by atoms with Crippen LogP contribution in [-0.4, -0.2) is 14.7 Å². The highest BCUT2D eigenvalue weighted by atomic mass is 16.6. The largest absolute Gasteiger partial charge is 0.307 e. The van der Waals surface area contributed by atoms with E-state index in [1.54, 1.807) is 0 Å². The third-order valence-electron chi connectivity index (χ3n) is 2.14. The molecule has 0 N–H and O–H groups in total. The first-order valence-electron chi connectivity index (χ1n) is 4.43. The fraction of sp³-hybridized carbons (Fsp3) is 0.100. The van der Waals surface area contributed by atoms with Crippen LogP contribution in [0.5, 0.6) is 0 Å². The van der Waals surface area contributed by atoms with E-state index in [9.17, 15) is 10.1 Å². The Balaban J connectivity index is 2.46. The molecular formula is C10H9N3O2. The van der Waals surface area contributed by atoms with E-state index < -0.39 is 4.92 Å². The molecule has 0 bridgehead atoms. The van der Waals surface area contributed by atoms with Crippen molar-refractivity contribution in [2.45, 2.75) is 6.92 Å². The molecular weight excluding hydrogens is 194 g/mol. The third-order valence-corrected chi connectivity index (χ3v) is 2.14. The summed E-state index contributed by atoms with van der Waals surface area (Å²) in [6.45, 7) is 1.93. The lowest BCUT2D eigenvalue weighted by molar-refractivity contribution is -0.384. The Hall–Kier alpha value is -2.17. The minimum Gasteiger partial charge on any atom is -0.258 e. The first-order valence-corrected chi connectivity index (χ1v) is 4.43. The zero-order valence-corrected chi connectivity index (χ0v) is 8.12. The van der Waals surface area contributed by atoms with E-state index in [-0.39, 0.29) is 5.69 Å². The second kappa shape index (κ2) is 3.53. The molecule has 0 saturated carbocycles. The third kappa shape index (κ3) is 1.71. The van der Waals surface area contributed by atoms with Crippen LogP contribution in [0.3, 0.4) is 0 Å². The van der Waals surface area contributed by atoms with Crippen LogP contribution in [-0.2, 0) is 0 Å². The molecule has 1 aromatic heterocycles. The van der Waals surface area contributed by atoms with Crippen molar-refractivity contribution in [2.24, 2.45) is 0 Å². The molecule has 1 aromatic carbocycles. The Bertz CT molecular complexity index is 505. The van der Waals surface area contributed by atoms with Gasteiger partial charge in [-0.2, -0.15) is 5.10 Å². The molecule has 0 aliphatic carbocycles. The Labute approximate surface area is 86.1 Å². The summed E-state index contributed by atoms with van der Waals surface area (Å²) in [4.78, 5) is 10.0. The molecule has 0 radical (unpaired) electrons. The molecule has 0 spiro atoms. The van der Waals surface area contributed by atoms with Crippen LogP contribution in [0, 0.1) is 17.0 Å². The lowest BCUT2D eigenvalue weighted by Gasteiger charge is -2.03. The maximum absolute atomic E-state index is 10.5. The van der Waals surface area contributed by atoms with E-state index in [4.69, 9.17) is 0 Å². The van der Waals surface area contributed by atoms with Gasteiger partial charge in [0.15, 0.2) is 0 Å². The Morgan fingerprint density at radius 3 is 2.73 bits per heavy atom. The highest BCUT2D eigenvalue weighted by Crippen LogP contribution is 2.16. The molecule has 0 unspecified atom stereocenters. The van der Waals surface area contributed by atoms with Gasteiger partial charge in [-0.1, -0.05) is 18.2 Å². The van der Waals surface area contributed by atoms with Crippen molar-refractivity contribution >= 4 is 5.69 Å². The van der Waals surface area contributed by atoms with Crippen molar-refractivity contribution in [1.29, 1.82) is 0 Å². The SMILES string of the molecule is Cc1ccccc1-n1cc([N+](=O)[O-])cn1. The molecule has 1 heterocycles. The van der Waals surface area contributed by atoms with Gasteiger partial charge in [0.25, 0.3) is 0 Å². The lowest BCUT2D eigenvalue weighted by Crippen LogP contribution is -1.96. The van der Waals surface area contributed by atoms with Gasteiger partial charge in [0, 0.05) is 0 Å². The molecule has 0 atom stereocenters. The predicted octanol–water partition coefficient (Wildman–Crippen LogP) is 2.09. The van der Waals surface area contributed by atoms with Gasteiger partial charge in [-0.05, 0) is 18.6 Å². The molecule has 0 saturated heterocycles. The van der Waals surface area contributed by atoms with Crippen LogP contribution in [0.1, 0.15) is 5.56 Å². The molecule has 0 fully saturated rings. The van der Waals surface area contributed by atoms with Gasteiger partial charge in [0.05, 0.1) is 10.6 Å². The van der Waals surface area contributed by atoms with E-state index in [0.717, 1.165) is 11.3 Å². The fourth-order valence-corrected chi connectivity index (χ4v) is 1.36. The zero-order valence-electron chi connectivity index (χ0n) is 8.12. The number of para-hydroxylation sites is 1. The minimum absolute atomic E-state index is 0.00162. The van der Waals surface area contributed by atoms with E-state index in [1.165, 1.54) is 17.1 Å². The molecule has 2 rings (SSSR count). The average molecular weight is 203 g/mol. The number of nitrogens with zero attached hydrogens (tertiary/aromatic N) is 3. The molecule has 5 heteroatoms. The molecule has 0 aliphatic heterocycles. The van der Waals surface area contributed by atoms with Gasteiger partial charge in [-0.25, -0.2) is 4.68 Å². The maximum Gasteiger partial charge on any atom is 0.307 e. The Morgan fingerprint density at radius 2 is 2.13 bits per heavy atom. The summed E-state index contributed by atoms with van der Waals surface area (Å²) in [7, 11) is 0. The van der Waals surface area contributed by atoms with E-state index in [2.05, 4.69) is 5.10 Å². The molecule has 5 nitrogen and oxygen atoms in total. The number of nitro groups is 1. The summed E-state index contributed by atoms with van der Waals surface area (Å²) in [6.07, 6.45) is 2.65. The molecule has 76 valence electrons. The number of aromatic nitrogens is 2. The summed E-state index contributed by atoms with van der Waals surface area (Å²) in [6, 6.07) is 7.58. The van der Waals surface area contributed by atoms with Gasteiger partial charge in [0.2, 0.25) is 0 Å². The normalized spacial score (nSPS) is 10.2. The number of benzene rings is 1. The first kappa shape index (κ1) is 9.39. The van der Waals surface area contributed by atoms with Crippen molar-refractivity contribution in [3.05, 3.63) is 52.3 Å². The molecule has 15 heavy (non-hydrogen) atoms. The van der Waals surface area contributed by atoms with Crippen molar-refractivity contribution in [3.8, 4) is 5.69 Å². The van der Waals surface area contributed by atoms with E-state index in [0.29, 0.717) is 0 Å². The summed E-state index contributed by atoms with van der Waals surface area (Å²) < 4.78 is 1.51. The van der Waals surface area contributed by atoms with Crippen molar-refractivity contribution in [1.82, 2.24) is 9.78 Å². The number of hydrogen-bond donors (Lipinski definition) is 0. The van der Waals surface area contributed by atoms with Crippen LogP contribution in [0.4, 0.5) is 5.69 Å². The van der Waals surface area contributed by atoms with E-state index >= 15 is 0 Å². The lowest BCUT2D eigenvalue weighted by atomic mass is 10.2. The Morgan fingerprint density at radius 1 is 1.40 bits per heavy atom. The summed E-state index contributed by atoms with van der Waals surface area (Å²) in [5, 5.41) is 14.4. The van der Waals surface area contributed by atoms with Crippen LogP contribution in [0.25, 0.3) is 5.69 Å². The van der Waals surface area contributed by atoms with Crippen LogP contribution in [0.15, 0.2) is 36.7 Å². The average Bonchev–Trinajstić information content (AvgIpc) is 2.67. The van der Waals surface area contributed by atoms with E-state index in [1.807, 2.05) is 31.2 Å². The topological polar surface area (TPSA) is 61.0 Å². The molecule has 0 amide bonds. The van der Waals surface area contributed by atoms with Crippen molar-refractivity contribution < 1.29 is 4.92 Å². The van der Waals surface area contributed by atoms with Gasteiger partial charge in [-0.3, -0.25) is 10.1 Å². The number of rotatable bonds is 2. The van der Waals surface area contributed by atoms with Gasteiger partial charge < -0.3 is 0 Å². The van der Waals surface area contributed by atoms with Gasteiger partial charge >= 0.3 is 5.69 Å². The maximum atomic E-state index is 10.5. The first-order chi connectivity index (χ1) is 7.18. The van der Waals surface area contributed by atoms with Crippen LogP contribution < -0.4 is 0 Å². The highest BCUT2D eigenvalue weighted by Gasteiger charge is 2.10. The second-order valence-corrected chi connectivity index (χ2v) is 3.19. The van der Waals surface area contributed by atoms with Gasteiger partial charge in [0.1, 0.15) is 12.4 Å². The quantitative estimate of drug-likeness (QED) is 0.554. The highest BCUT2D eigenvalue weighted by molar-refractivity contribution is 5.40. The molecule has 2 aromatic rings. The summed E-state index contributed by atoms with van der Waals surface area (Å²) >= 11 is 0. The van der Waals surface area contributed by atoms with Crippen LogP contribution in [0.2, 0.25) is 0 Å². The fourth-order valence-electron chi connectivity index (χ4n) is 1.36. The monoisotopic (exact) mass is 203 g/mol. The smallest absolute Gasteiger partial charge is 0.258 e. The Kier molecular flexibility index (Phi) is 2.21. The minimum atomic E-state index is -0.457.